The molecular formula is C16H20N2OS. The molecule has 0 spiro atoms. The van der Waals surface area contributed by atoms with E-state index in [1.807, 2.05) is 20.8 Å². The number of benzene rings is 1. The predicted molar refractivity (Wildman–Crippen MR) is 84.4 cm³/mol. The Balaban J connectivity index is 2.38. The van der Waals surface area contributed by atoms with Gasteiger partial charge in [0.25, 0.3) is 5.91 Å². The number of thiazole rings is 1. The van der Waals surface area contributed by atoms with Gasteiger partial charge in [-0.15, -0.1) is 11.3 Å². The summed E-state index contributed by atoms with van der Waals surface area (Å²) in [7, 11) is 0. The summed E-state index contributed by atoms with van der Waals surface area (Å²) in [5.74, 6) is -0.0361. The minimum Gasteiger partial charge on any atom is -0.349 e. The first-order chi connectivity index (χ1) is 9.38. The summed E-state index contributed by atoms with van der Waals surface area (Å²) in [5, 5.41) is 3.83. The number of carbonyl (C=O) groups is 1. The topological polar surface area (TPSA) is 42.0 Å². The fourth-order valence-corrected chi connectivity index (χ4v) is 3.16. The molecule has 0 fully saturated rings. The molecule has 0 aliphatic rings. The molecule has 1 aromatic heterocycles. The molecule has 20 heavy (non-hydrogen) atoms. The van der Waals surface area contributed by atoms with Crippen LogP contribution in [0, 0.1) is 20.8 Å². The SMILES string of the molecule is Cc1ccc(-c2nc(C)c(C(=O)NC(C)C)s2)c(C)c1. The van der Waals surface area contributed by atoms with Crippen molar-refractivity contribution in [1.29, 1.82) is 0 Å². The Hall–Kier alpha value is -1.68. The second-order valence-corrected chi connectivity index (χ2v) is 6.38. The third-order valence-corrected chi connectivity index (χ3v) is 4.22. The van der Waals surface area contributed by atoms with Crippen LogP contribution in [0.25, 0.3) is 10.6 Å². The Labute approximate surface area is 124 Å². The van der Waals surface area contributed by atoms with Gasteiger partial charge < -0.3 is 5.32 Å². The molecule has 1 amide bonds. The lowest BCUT2D eigenvalue weighted by Gasteiger charge is -2.06. The van der Waals surface area contributed by atoms with Crippen molar-refractivity contribution < 1.29 is 4.79 Å². The van der Waals surface area contributed by atoms with Gasteiger partial charge in [0.05, 0.1) is 5.69 Å². The van der Waals surface area contributed by atoms with Crippen molar-refractivity contribution in [2.45, 2.75) is 40.7 Å². The first-order valence-electron chi connectivity index (χ1n) is 6.74. The second-order valence-electron chi connectivity index (χ2n) is 5.38. The quantitative estimate of drug-likeness (QED) is 0.931. The molecule has 0 bridgehead atoms. The summed E-state index contributed by atoms with van der Waals surface area (Å²) in [4.78, 5) is 17.4. The summed E-state index contributed by atoms with van der Waals surface area (Å²) in [6.07, 6.45) is 0. The van der Waals surface area contributed by atoms with E-state index in [1.165, 1.54) is 22.5 Å². The van der Waals surface area contributed by atoms with Crippen LogP contribution in [-0.2, 0) is 0 Å². The van der Waals surface area contributed by atoms with Gasteiger partial charge in [0.15, 0.2) is 0 Å². The van der Waals surface area contributed by atoms with Crippen LogP contribution in [-0.4, -0.2) is 16.9 Å². The van der Waals surface area contributed by atoms with Crippen LogP contribution in [0.2, 0.25) is 0 Å². The van der Waals surface area contributed by atoms with E-state index in [0.717, 1.165) is 16.3 Å². The number of nitrogens with one attached hydrogen (secondary N) is 1. The Morgan fingerprint density at radius 2 is 1.95 bits per heavy atom. The van der Waals surface area contributed by atoms with Crippen LogP contribution in [0.4, 0.5) is 0 Å². The Bertz CT molecular complexity index is 644. The highest BCUT2D eigenvalue weighted by molar-refractivity contribution is 7.17. The van der Waals surface area contributed by atoms with Gasteiger partial charge in [-0.1, -0.05) is 23.8 Å². The molecule has 1 aromatic carbocycles. The van der Waals surface area contributed by atoms with Crippen molar-refractivity contribution >= 4 is 17.2 Å². The third kappa shape index (κ3) is 3.07. The summed E-state index contributed by atoms with van der Waals surface area (Å²) in [5.41, 5.74) is 4.32. The average molecular weight is 288 g/mol. The van der Waals surface area contributed by atoms with E-state index in [2.05, 4.69) is 42.3 Å². The molecule has 0 unspecified atom stereocenters. The lowest BCUT2D eigenvalue weighted by atomic mass is 10.1. The van der Waals surface area contributed by atoms with Crippen molar-refractivity contribution in [1.82, 2.24) is 10.3 Å². The zero-order valence-corrected chi connectivity index (χ0v) is 13.4. The van der Waals surface area contributed by atoms with Crippen molar-refractivity contribution in [2.75, 3.05) is 0 Å². The van der Waals surface area contributed by atoms with Gasteiger partial charge in [0, 0.05) is 11.6 Å². The fourth-order valence-electron chi connectivity index (χ4n) is 2.10. The Morgan fingerprint density at radius 1 is 1.25 bits per heavy atom. The Morgan fingerprint density at radius 3 is 2.55 bits per heavy atom. The minimum atomic E-state index is -0.0361. The molecular weight excluding hydrogens is 268 g/mol. The molecule has 1 heterocycles. The van der Waals surface area contributed by atoms with E-state index < -0.39 is 0 Å². The van der Waals surface area contributed by atoms with Crippen LogP contribution < -0.4 is 5.32 Å². The monoisotopic (exact) mass is 288 g/mol. The Kier molecular flexibility index (Phi) is 4.23. The van der Waals surface area contributed by atoms with Crippen molar-refractivity contribution in [3.63, 3.8) is 0 Å². The number of aryl methyl sites for hydroxylation is 3. The van der Waals surface area contributed by atoms with Gasteiger partial charge in [-0.2, -0.15) is 0 Å². The molecule has 0 aliphatic carbocycles. The smallest absolute Gasteiger partial charge is 0.263 e. The van der Waals surface area contributed by atoms with Crippen LogP contribution in [0.3, 0.4) is 0 Å². The first kappa shape index (κ1) is 14.7. The number of rotatable bonds is 3. The van der Waals surface area contributed by atoms with Crippen LogP contribution >= 0.6 is 11.3 Å². The molecule has 106 valence electrons. The maximum atomic E-state index is 12.1. The normalized spacial score (nSPS) is 10.9. The summed E-state index contributed by atoms with van der Waals surface area (Å²) >= 11 is 1.46. The number of nitrogens with zero attached hydrogens (tertiary/aromatic N) is 1. The predicted octanol–water partition coefficient (Wildman–Crippen LogP) is 3.87. The molecule has 0 aliphatic heterocycles. The molecule has 0 saturated carbocycles. The second kappa shape index (κ2) is 5.75. The zero-order valence-electron chi connectivity index (χ0n) is 12.6. The molecule has 0 radical (unpaired) electrons. The lowest BCUT2D eigenvalue weighted by Crippen LogP contribution is -2.29. The zero-order chi connectivity index (χ0) is 14.9. The maximum Gasteiger partial charge on any atom is 0.263 e. The minimum absolute atomic E-state index is 0.0361. The molecule has 2 aromatic rings. The van der Waals surface area contributed by atoms with Crippen molar-refractivity contribution in [3.8, 4) is 10.6 Å². The van der Waals surface area contributed by atoms with Gasteiger partial charge in [0.1, 0.15) is 9.88 Å². The van der Waals surface area contributed by atoms with Gasteiger partial charge in [-0.3, -0.25) is 4.79 Å². The van der Waals surface area contributed by atoms with Crippen LogP contribution in [0.15, 0.2) is 18.2 Å². The first-order valence-corrected chi connectivity index (χ1v) is 7.56. The van der Waals surface area contributed by atoms with Crippen LogP contribution in [0.5, 0.6) is 0 Å². The van der Waals surface area contributed by atoms with Gasteiger partial charge in [0.2, 0.25) is 0 Å². The molecule has 2 rings (SSSR count). The fraction of sp³-hybridized carbons (Fsp3) is 0.375. The van der Waals surface area contributed by atoms with Gasteiger partial charge >= 0.3 is 0 Å². The lowest BCUT2D eigenvalue weighted by molar-refractivity contribution is 0.0946. The number of aromatic nitrogens is 1. The summed E-state index contributed by atoms with van der Waals surface area (Å²) in [6.45, 7) is 9.95. The molecule has 1 N–H and O–H groups in total. The third-order valence-electron chi connectivity index (χ3n) is 3.03. The average Bonchev–Trinajstić information content (AvgIpc) is 2.70. The van der Waals surface area contributed by atoms with E-state index >= 15 is 0 Å². The van der Waals surface area contributed by atoms with E-state index in [4.69, 9.17) is 0 Å². The number of carbonyl (C=O) groups excluding carboxylic acids is 1. The molecule has 0 atom stereocenters. The highest BCUT2D eigenvalue weighted by atomic mass is 32.1. The van der Waals surface area contributed by atoms with Gasteiger partial charge in [-0.25, -0.2) is 4.98 Å². The van der Waals surface area contributed by atoms with Crippen molar-refractivity contribution in [2.24, 2.45) is 0 Å². The molecule has 4 heteroatoms. The van der Waals surface area contributed by atoms with Gasteiger partial charge in [-0.05, 0) is 40.2 Å². The largest absolute Gasteiger partial charge is 0.349 e. The van der Waals surface area contributed by atoms with E-state index in [0.29, 0.717) is 4.88 Å². The number of hydrogen-bond acceptors (Lipinski definition) is 3. The van der Waals surface area contributed by atoms with E-state index in [9.17, 15) is 4.79 Å². The number of amides is 1. The highest BCUT2D eigenvalue weighted by Gasteiger charge is 2.17. The van der Waals surface area contributed by atoms with Crippen molar-refractivity contribution in [3.05, 3.63) is 39.9 Å². The van der Waals surface area contributed by atoms with E-state index in [1.54, 1.807) is 0 Å². The summed E-state index contributed by atoms with van der Waals surface area (Å²) in [6, 6.07) is 6.42. The molecule has 3 nitrogen and oxygen atoms in total. The summed E-state index contributed by atoms with van der Waals surface area (Å²) < 4.78 is 0. The number of hydrogen-bond donors (Lipinski definition) is 1. The van der Waals surface area contributed by atoms with E-state index in [-0.39, 0.29) is 11.9 Å². The maximum absolute atomic E-state index is 12.1. The molecule has 0 saturated heterocycles. The highest BCUT2D eigenvalue weighted by Crippen LogP contribution is 2.30. The van der Waals surface area contributed by atoms with Crippen LogP contribution in [0.1, 0.15) is 40.3 Å². The standard InChI is InChI=1S/C16H20N2OS/c1-9(2)17-15(19)14-12(5)18-16(20-14)13-7-6-10(3)8-11(13)4/h6-9H,1-5H3,(H,17,19).